The highest BCUT2D eigenvalue weighted by atomic mass is 79.9. The van der Waals surface area contributed by atoms with E-state index in [1.54, 1.807) is 23.0 Å². The van der Waals surface area contributed by atoms with Crippen molar-refractivity contribution in [2.45, 2.75) is 56.8 Å². The Morgan fingerprint density at radius 2 is 1.66 bits per heavy atom. The van der Waals surface area contributed by atoms with Crippen molar-refractivity contribution in [2.75, 3.05) is 25.2 Å². The summed E-state index contributed by atoms with van der Waals surface area (Å²) in [6, 6.07) is 38.8. The zero-order valence-corrected chi connectivity index (χ0v) is 35.6. The molecule has 3 heterocycles. The lowest BCUT2D eigenvalue weighted by molar-refractivity contribution is -0.150. The van der Waals surface area contributed by atoms with Gasteiger partial charge in [-0.05, 0) is 71.3 Å². The Morgan fingerprint density at radius 1 is 0.931 bits per heavy atom. The number of rotatable bonds is 12. The molecule has 1 saturated heterocycles. The van der Waals surface area contributed by atoms with Crippen LogP contribution in [0.15, 0.2) is 131 Å². The van der Waals surface area contributed by atoms with Gasteiger partial charge in [-0.3, -0.25) is 19.5 Å². The molecule has 10 nitrogen and oxygen atoms in total. The summed E-state index contributed by atoms with van der Waals surface area (Å²) < 4.78 is 15.1. The number of fused-ring (bicyclic) bond motifs is 3. The summed E-state index contributed by atoms with van der Waals surface area (Å²) in [4.78, 5) is 46.7. The van der Waals surface area contributed by atoms with Gasteiger partial charge in [0, 0.05) is 29.0 Å². The maximum Gasteiger partial charge on any atom is 0.279 e. The lowest BCUT2D eigenvalue weighted by Crippen LogP contribution is -2.52. The number of benzene rings is 5. The van der Waals surface area contributed by atoms with Gasteiger partial charge in [-0.2, -0.15) is 0 Å². The summed E-state index contributed by atoms with van der Waals surface area (Å²) in [5, 5.41) is 15.0. The van der Waals surface area contributed by atoms with Gasteiger partial charge in [0.25, 0.3) is 11.5 Å². The van der Waals surface area contributed by atoms with E-state index >= 15 is 4.79 Å². The number of para-hydroxylation sites is 1. The summed E-state index contributed by atoms with van der Waals surface area (Å²) >= 11 is 3.70. The highest BCUT2D eigenvalue weighted by Crippen LogP contribution is 2.60. The Balaban J connectivity index is 1.18. The Labute approximate surface area is 347 Å². The molecule has 6 aromatic rings. The van der Waals surface area contributed by atoms with Crippen LogP contribution >= 0.6 is 15.9 Å². The average molecular weight is 860 g/mol. The first-order chi connectivity index (χ1) is 28.0. The first-order valence-corrected chi connectivity index (χ1v) is 23.5. The van der Waals surface area contributed by atoms with Crippen molar-refractivity contribution >= 4 is 57.6 Å². The molecule has 1 fully saturated rings. The summed E-state index contributed by atoms with van der Waals surface area (Å²) in [6.45, 7) is 7.29. The number of aromatic amines is 1. The summed E-state index contributed by atoms with van der Waals surface area (Å²) in [7, 11) is -0.893. The van der Waals surface area contributed by atoms with Gasteiger partial charge in [-0.25, -0.2) is 4.68 Å². The van der Waals surface area contributed by atoms with E-state index in [0.717, 1.165) is 38.1 Å². The molecule has 2 N–H and O–H groups in total. The van der Waals surface area contributed by atoms with E-state index in [9.17, 15) is 14.7 Å². The van der Waals surface area contributed by atoms with Crippen molar-refractivity contribution in [3.8, 4) is 11.4 Å². The van der Waals surface area contributed by atoms with Crippen molar-refractivity contribution in [3.63, 3.8) is 0 Å². The van der Waals surface area contributed by atoms with Gasteiger partial charge in [0.1, 0.15) is 5.75 Å². The summed E-state index contributed by atoms with van der Waals surface area (Å²) in [5.41, 5.74) is 3.02. The predicted molar refractivity (Wildman–Crippen MR) is 232 cm³/mol. The minimum absolute atomic E-state index is 0.0497. The molecule has 0 unspecified atom stereocenters. The number of aliphatic hydroxyl groups is 1. The lowest BCUT2D eigenvalue weighted by atomic mass is 9.82. The molecule has 2 amide bonds. The molecule has 1 aromatic heterocycles. The molecule has 1 spiro atoms. The van der Waals surface area contributed by atoms with Crippen molar-refractivity contribution in [3.05, 3.63) is 153 Å². The van der Waals surface area contributed by atoms with Gasteiger partial charge in [0.15, 0.2) is 5.60 Å². The topological polar surface area (TPSA) is 117 Å². The largest absolute Gasteiger partial charge is 0.497 e. The fourth-order valence-corrected chi connectivity index (χ4v) is 13.7. The van der Waals surface area contributed by atoms with Crippen LogP contribution in [-0.4, -0.2) is 66.0 Å². The number of hydrogen-bond donors (Lipinski definition) is 2. The van der Waals surface area contributed by atoms with E-state index in [0.29, 0.717) is 17.6 Å². The summed E-state index contributed by atoms with van der Waals surface area (Å²) in [6.07, 6.45) is -0.551. The number of nitrogens with one attached hydrogen (secondary N) is 1. The number of carbonyl (C=O) groups is 2. The van der Waals surface area contributed by atoms with E-state index in [2.05, 4.69) is 53.2 Å². The quantitative estimate of drug-likeness (QED) is 0.125. The molecule has 298 valence electrons. The minimum Gasteiger partial charge on any atom is -0.497 e. The van der Waals surface area contributed by atoms with E-state index in [4.69, 9.17) is 9.47 Å². The number of aliphatic hydroxyl groups excluding tert-OH is 1. The highest BCUT2D eigenvalue weighted by Gasteiger charge is 2.66. The predicted octanol–water partition coefficient (Wildman–Crippen LogP) is 7.26. The lowest BCUT2D eigenvalue weighted by Gasteiger charge is -2.37. The molecule has 0 bridgehead atoms. The number of amides is 2. The Bertz CT molecular complexity index is 2540. The standard InChI is InChI=1S/C46H47BrN4O6Si/c1-30-43(58(3,4)36-20-18-35(56-2)19-21-36)41(27-42(53)49(23-24-52)28-31-11-6-5-7-12-31)57-46(30)38-26-33(47)17-22-40(38)50(45(46)55)29-32-13-10-14-34(25-32)51-44(54)37-15-8-9-16-39(37)48-51/h5-22,25-26,30,41,43,48,52H,23-24,27-29H2,1-4H3/t30-,41+,43-,46+/m1/s1. The Morgan fingerprint density at radius 3 is 2.38 bits per heavy atom. The number of aromatic nitrogens is 2. The third-order valence-electron chi connectivity index (χ3n) is 12.2. The van der Waals surface area contributed by atoms with Crippen LogP contribution in [-0.2, 0) is 33.0 Å². The number of hydrogen-bond acceptors (Lipinski definition) is 6. The second kappa shape index (κ2) is 15.8. The van der Waals surface area contributed by atoms with Crippen LogP contribution in [0.5, 0.6) is 5.75 Å². The summed E-state index contributed by atoms with van der Waals surface area (Å²) in [5.74, 6) is 0.109. The number of H-pyrrole nitrogens is 1. The molecular weight excluding hydrogens is 813 g/mol. The highest BCUT2D eigenvalue weighted by molar-refractivity contribution is 9.10. The third kappa shape index (κ3) is 6.91. The molecule has 12 heteroatoms. The van der Waals surface area contributed by atoms with Crippen molar-refractivity contribution in [1.82, 2.24) is 14.7 Å². The normalized spacial score (nSPS) is 20.2. The van der Waals surface area contributed by atoms with Crippen LogP contribution in [0, 0.1) is 5.92 Å². The maximum atomic E-state index is 15.4. The molecule has 4 atom stereocenters. The zero-order chi connectivity index (χ0) is 40.8. The Kier molecular flexibility index (Phi) is 10.8. The van der Waals surface area contributed by atoms with Crippen molar-refractivity contribution in [2.24, 2.45) is 5.92 Å². The van der Waals surface area contributed by atoms with Gasteiger partial charge >= 0.3 is 0 Å². The second-order valence-corrected chi connectivity index (χ2v) is 21.5. The molecule has 2 aliphatic heterocycles. The molecule has 58 heavy (non-hydrogen) atoms. The van der Waals surface area contributed by atoms with Crippen LogP contribution in [0.25, 0.3) is 16.6 Å². The molecule has 5 aromatic carbocycles. The van der Waals surface area contributed by atoms with Crippen molar-refractivity contribution < 1.29 is 24.2 Å². The van der Waals surface area contributed by atoms with Crippen molar-refractivity contribution in [1.29, 1.82) is 0 Å². The molecular formula is C46H47BrN4O6Si. The average Bonchev–Trinajstić information content (AvgIpc) is 3.81. The van der Waals surface area contributed by atoms with Gasteiger partial charge < -0.3 is 24.4 Å². The van der Waals surface area contributed by atoms with E-state index in [1.807, 2.05) is 103 Å². The van der Waals surface area contributed by atoms with Crippen LogP contribution in [0.3, 0.4) is 0 Å². The first kappa shape index (κ1) is 39.5. The van der Waals surface area contributed by atoms with Gasteiger partial charge in [-0.15, -0.1) is 0 Å². The first-order valence-electron chi connectivity index (χ1n) is 19.6. The van der Waals surface area contributed by atoms with Crippen LogP contribution in [0.2, 0.25) is 18.6 Å². The van der Waals surface area contributed by atoms with Gasteiger partial charge in [-0.1, -0.05) is 108 Å². The Hall–Kier alpha value is -5.27. The molecule has 8 rings (SSSR count). The van der Waals surface area contributed by atoms with Crippen LogP contribution in [0.4, 0.5) is 5.69 Å². The van der Waals surface area contributed by atoms with E-state index in [-0.39, 0.29) is 54.9 Å². The molecule has 0 saturated carbocycles. The van der Waals surface area contributed by atoms with E-state index < -0.39 is 19.8 Å². The third-order valence-corrected chi connectivity index (χ3v) is 17.1. The fourth-order valence-electron chi connectivity index (χ4n) is 9.38. The van der Waals surface area contributed by atoms with Crippen LogP contribution < -0.4 is 20.4 Å². The number of carbonyl (C=O) groups excluding carboxylic acids is 2. The minimum atomic E-state index is -2.54. The molecule has 2 aliphatic rings. The number of methoxy groups -OCH3 is 1. The van der Waals surface area contributed by atoms with Gasteiger partial charge in [0.05, 0.1) is 63.1 Å². The number of anilines is 1. The molecule has 0 radical (unpaired) electrons. The van der Waals surface area contributed by atoms with E-state index in [1.165, 1.54) is 9.87 Å². The molecule has 0 aliphatic carbocycles. The smallest absolute Gasteiger partial charge is 0.279 e. The number of nitrogens with zero attached hydrogens (tertiary/aromatic N) is 3. The zero-order valence-electron chi connectivity index (χ0n) is 33.0. The van der Waals surface area contributed by atoms with Crippen LogP contribution in [0.1, 0.15) is 30.0 Å². The number of halogens is 1. The number of ether oxygens (including phenoxy) is 2. The van der Waals surface area contributed by atoms with Gasteiger partial charge in [0.2, 0.25) is 5.91 Å². The SMILES string of the molecule is COc1ccc([Si](C)(C)[C@H]2[C@H](CC(=O)N(CCO)Cc3ccccc3)O[C@@]3(C(=O)N(Cc4cccc(-n5[nH]c6ccccc6c5=O)c4)c4ccc(Br)cc43)[C@@H]2C)cc1. The maximum absolute atomic E-state index is 15.4. The second-order valence-electron chi connectivity index (χ2n) is 15.9. The monoisotopic (exact) mass is 858 g/mol. The fraction of sp³-hybridized carbons (Fsp3) is 0.283.